The van der Waals surface area contributed by atoms with Gasteiger partial charge in [-0.05, 0) is 61.7 Å². The number of hydrogen-bond donors (Lipinski definition) is 3. The van der Waals surface area contributed by atoms with Gasteiger partial charge in [0.1, 0.15) is 11.7 Å². The summed E-state index contributed by atoms with van der Waals surface area (Å²) >= 11 is 0. The van der Waals surface area contributed by atoms with Crippen LogP contribution in [0, 0.1) is 5.41 Å². The maximum absolute atomic E-state index is 12.7. The van der Waals surface area contributed by atoms with Gasteiger partial charge in [0.2, 0.25) is 5.91 Å². The summed E-state index contributed by atoms with van der Waals surface area (Å²) in [5.41, 5.74) is 10.1. The number of aromatic nitrogens is 2. The summed E-state index contributed by atoms with van der Waals surface area (Å²) < 4.78 is 2.07. The lowest BCUT2D eigenvalue weighted by Gasteiger charge is -2.20. The summed E-state index contributed by atoms with van der Waals surface area (Å²) in [5.74, 6) is 1.02. The van der Waals surface area contributed by atoms with Gasteiger partial charge in [-0.3, -0.25) is 10.2 Å². The molecule has 156 valence electrons. The molecule has 0 radical (unpaired) electrons. The van der Waals surface area contributed by atoms with Gasteiger partial charge in [0.15, 0.2) is 0 Å². The van der Waals surface area contributed by atoms with Gasteiger partial charge in [0.05, 0.1) is 23.5 Å². The first kappa shape index (κ1) is 19.9. The third-order valence-electron chi connectivity index (χ3n) is 5.93. The van der Waals surface area contributed by atoms with E-state index in [1.54, 1.807) is 0 Å². The fourth-order valence-corrected chi connectivity index (χ4v) is 4.00. The van der Waals surface area contributed by atoms with Gasteiger partial charge < -0.3 is 20.5 Å². The number of aryl methyl sites for hydroxylation is 1. The SMILES string of the molecule is CC(C(=O)N1CCCC1)c1ccc2c(c1)nc(CNc1ccc(C(=N)N)cc1)n2C. The molecule has 0 spiro atoms. The van der Waals surface area contributed by atoms with E-state index in [0.717, 1.165) is 54.0 Å². The molecule has 7 nitrogen and oxygen atoms in total. The lowest BCUT2D eigenvalue weighted by atomic mass is 9.99. The van der Waals surface area contributed by atoms with Crippen molar-refractivity contribution >= 4 is 28.5 Å². The number of anilines is 1. The minimum Gasteiger partial charge on any atom is -0.384 e. The fourth-order valence-electron chi connectivity index (χ4n) is 4.00. The zero-order chi connectivity index (χ0) is 21.3. The molecule has 4 rings (SSSR count). The number of likely N-dealkylation sites (tertiary alicyclic amines) is 1. The topological polar surface area (TPSA) is 100 Å². The molecular weight excluding hydrogens is 376 g/mol. The van der Waals surface area contributed by atoms with Crippen molar-refractivity contribution in [2.24, 2.45) is 12.8 Å². The predicted molar refractivity (Wildman–Crippen MR) is 120 cm³/mol. The van der Waals surface area contributed by atoms with Crippen molar-refractivity contribution < 1.29 is 4.79 Å². The average Bonchev–Trinajstić information content (AvgIpc) is 3.40. The van der Waals surface area contributed by atoms with Crippen LogP contribution in [0.3, 0.4) is 0 Å². The molecule has 1 amide bonds. The number of nitrogen functional groups attached to an aromatic ring is 1. The van der Waals surface area contributed by atoms with Crippen LogP contribution in [0.2, 0.25) is 0 Å². The molecule has 1 unspecified atom stereocenters. The van der Waals surface area contributed by atoms with E-state index in [2.05, 4.69) is 16.0 Å². The Morgan fingerprint density at radius 3 is 2.57 bits per heavy atom. The van der Waals surface area contributed by atoms with Crippen LogP contribution >= 0.6 is 0 Å². The second kappa shape index (κ2) is 8.18. The Labute approximate surface area is 176 Å². The number of nitrogens with one attached hydrogen (secondary N) is 2. The van der Waals surface area contributed by atoms with Crippen molar-refractivity contribution in [3.63, 3.8) is 0 Å². The normalized spacial score (nSPS) is 14.8. The van der Waals surface area contributed by atoms with Crippen molar-refractivity contribution in [3.05, 3.63) is 59.4 Å². The summed E-state index contributed by atoms with van der Waals surface area (Å²) in [6, 6.07) is 13.6. The zero-order valence-corrected chi connectivity index (χ0v) is 17.5. The minimum absolute atomic E-state index is 0.0603. The largest absolute Gasteiger partial charge is 0.384 e. The van der Waals surface area contributed by atoms with Crippen molar-refractivity contribution in [1.82, 2.24) is 14.5 Å². The number of hydrogen-bond acceptors (Lipinski definition) is 4. The van der Waals surface area contributed by atoms with E-state index in [9.17, 15) is 4.79 Å². The zero-order valence-electron chi connectivity index (χ0n) is 17.5. The minimum atomic E-state index is -0.157. The quantitative estimate of drug-likeness (QED) is 0.434. The molecule has 4 N–H and O–H groups in total. The number of imidazole rings is 1. The molecule has 1 fully saturated rings. The molecule has 0 bridgehead atoms. The van der Waals surface area contributed by atoms with Gasteiger partial charge >= 0.3 is 0 Å². The van der Waals surface area contributed by atoms with Gasteiger partial charge in [-0.1, -0.05) is 6.07 Å². The average molecular weight is 405 g/mol. The Balaban J connectivity index is 1.50. The van der Waals surface area contributed by atoms with Crippen LogP contribution in [0.5, 0.6) is 0 Å². The molecular formula is C23H28N6O. The maximum atomic E-state index is 12.7. The molecule has 1 aliphatic rings. The van der Waals surface area contributed by atoms with Crippen LogP contribution in [0.1, 0.15) is 42.6 Å². The number of amidine groups is 1. The predicted octanol–water partition coefficient (Wildman–Crippen LogP) is 3.20. The molecule has 3 aromatic rings. The Hall–Kier alpha value is -3.35. The van der Waals surface area contributed by atoms with E-state index < -0.39 is 0 Å². The molecule has 7 heteroatoms. The van der Waals surface area contributed by atoms with E-state index in [0.29, 0.717) is 12.1 Å². The van der Waals surface area contributed by atoms with Crippen LogP contribution in [0.15, 0.2) is 42.5 Å². The lowest BCUT2D eigenvalue weighted by molar-refractivity contribution is -0.131. The number of nitrogens with zero attached hydrogens (tertiary/aromatic N) is 3. The first-order chi connectivity index (χ1) is 14.4. The van der Waals surface area contributed by atoms with E-state index in [1.165, 1.54) is 0 Å². The second-order valence-corrected chi connectivity index (χ2v) is 7.93. The molecule has 2 heterocycles. The highest BCUT2D eigenvalue weighted by Crippen LogP contribution is 2.25. The molecule has 0 aliphatic carbocycles. The number of benzene rings is 2. The van der Waals surface area contributed by atoms with E-state index in [-0.39, 0.29) is 17.7 Å². The number of fused-ring (bicyclic) bond motifs is 1. The molecule has 0 saturated carbocycles. The Kier molecular flexibility index (Phi) is 5.44. The maximum Gasteiger partial charge on any atom is 0.229 e. The third-order valence-corrected chi connectivity index (χ3v) is 5.93. The third kappa shape index (κ3) is 3.87. The molecule has 2 aromatic carbocycles. The first-order valence-corrected chi connectivity index (χ1v) is 10.4. The Morgan fingerprint density at radius 1 is 1.20 bits per heavy atom. The van der Waals surface area contributed by atoms with Gasteiger partial charge in [-0.25, -0.2) is 4.98 Å². The highest BCUT2D eigenvalue weighted by atomic mass is 16.2. The monoisotopic (exact) mass is 404 g/mol. The number of carbonyl (C=O) groups excluding carboxylic acids is 1. The highest BCUT2D eigenvalue weighted by Gasteiger charge is 2.24. The van der Waals surface area contributed by atoms with Gasteiger partial charge in [-0.2, -0.15) is 0 Å². The standard InChI is InChI=1S/C23H28N6O/c1-15(23(30)29-11-3-4-12-29)17-7-10-20-19(13-17)27-21(28(20)2)14-26-18-8-5-16(6-9-18)22(24)25/h5-10,13,15,26H,3-4,11-12,14H2,1-2H3,(H3,24,25). The van der Waals surface area contributed by atoms with Crippen molar-refractivity contribution in [2.75, 3.05) is 18.4 Å². The summed E-state index contributed by atoms with van der Waals surface area (Å²) in [5, 5.41) is 10.8. The van der Waals surface area contributed by atoms with Crippen molar-refractivity contribution in [1.29, 1.82) is 5.41 Å². The van der Waals surface area contributed by atoms with Crippen LogP contribution in [0.25, 0.3) is 11.0 Å². The van der Waals surface area contributed by atoms with Crippen LogP contribution in [0.4, 0.5) is 5.69 Å². The molecule has 30 heavy (non-hydrogen) atoms. The van der Waals surface area contributed by atoms with E-state index in [4.69, 9.17) is 16.1 Å². The number of carbonyl (C=O) groups is 1. The fraction of sp³-hybridized carbons (Fsp3) is 0.348. The molecule has 1 atom stereocenters. The van der Waals surface area contributed by atoms with E-state index >= 15 is 0 Å². The Morgan fingerprint density at radius 2 is 1.90 bits per heavy atom. The van der Waals surface area contributed by atoms with Crippen LogP contribution in [-0.4, -0.2) is 39.3 Å². The van der Waals surface area contributed by atoms with Crippen LogP contribution in [-0.2, 0) is 18.4 Å². The number of amides is 1. The molecule has 1 aromatic heterocycles. The summed E-state index contributed by atoms with van der Waals surface area (Å²) in [4.78, 5) is 19.5. The highest BCUT2D eigenvalue weighted by molar-refractivity contribution is 5.95. The van der Waals surface area contributed by atoms with Crippen molar-refractivity contribution in [2.45, 2.75) is 32.2 Å². The summed E-state index contributed by atoms with van der Waals surface area (Å²) in [7, 11) is 2.00. The van der Waals surface area contributed by atoms with E-state index in [1.807, 2.05) is 55.3 Å². The van der Waals surface area contributed by atoms with Gasteiger partial charge in [0.25, 0.3) is 0 Å². The molecule has 1 aliphatic heterocycles. The molecule has 1 saturated heterocycles. The second-order valence-electron chi connectivity index (χ2n) is 7.93. The van der Waals surface area contributed by atoms with Crippen LogP contribution < -0.4 is 11.1 Å². The number of nitrogens with two attached hydrogens (primary N) is 1. The van der Waals surface area contributed by atoms with Crippen molar-refractivity contribution in [3.8, 4) is 0 Å². The summed E-state index contributed by atoms with van der Waals surface area (Å²) in [6.07, 6.45) is 2.21. The van der Waals surface area contributed by atoms with Gasteiger partial charge in [0, 0.05) is 31.4 Å². The smallest absolute Gasteiger partial charge is 0.229 e. The summed E-state index contributed by atoms with van der Waals surface area (Å²) in [6.45, 7) is 4.30. The lowest BCUT2D eigenvalue weighted by Crippen LogP contribution is -2.31. The Bertz CT molecular complexity index is 1080. The number of rotatable bonds is 6. The first-order valence-electron chi connectivity index (χ1n) is 10.4. The van der Waals surface area contributed by atoms with Gasteiger partial charge in [-0.15, -0.1) is 0 Å².